The fourth-order valence-electron chi connectivity index (χ4n) is 2.72. The lowest BCUT2D eigenvalue weighted by atomic mass is 10.1. The predicted molar refractivity (Wildman–Crippen MR) is 99.2 cm³/mol. The van der Waals surface area contributed by atoms with Gasteiger partial charge in [0.1, 0.15) is 0 Å². The molecule has 2 amide bonds. The van der Waals surface area contributed by atoms with Crippen molar-refractivity contribution in [3.63, 3.8) is 0 Å². The van der Waals surface area contributed by atoms with E-state index in [1.807, 2.05) is 36.9 Å². The molecule has 5 nitrogen and oxygen atoms in total. The molecule has 0 saturated heterocycles. The lowest BCUT2D eigenvalue weighted by molar-refractivity contribution is -0.132. The minimum absolute atomic E-state index is 0.0843. The van der Waals surface area contributed by atoms with Crippen molar-refractivity contribution in [2.45, 2.75) is 40.5 Å². The van der Waals surface area contributed by atoms with E-state index in [9.17, 15) is 9.59 Å². The average Bonchev–Trinajstić information content (AvgIpc) is 2.50. The van der Waals surface area contributed by atoms with E-state index in [-0.39, 0.29) is 24.9 Å². The van der Waals surface area contributed by atoms with Crippen LogP contribution in [0.1, 0.15) is 37.8 Å². The zero-order valence-corrected chi connectivity index (χ0v) is 15.7. The van der Waals surface area contributed by atoms with Crippen LogP contribution in [0.25, 0.3) is 0 Å². The number of nitrogens with one attached hydrogen (secondary N) is 1. The van der Waals surface area contributed by atoms with Gasteiger partial charge in [0, 0.05) is 18.8 Å². The monoisotopic (exact) mass is 333 g/mol. The van der Waals surface area contributed by atoms with Gasteiger partial charge in [0.15, 0.2) is 0 Å². The third-order valence-electron chi connectivity index (χ3n) is 3.90. The molecule has 1 rings (SSSR count). The van der Waals surface area contributed by atoms with E-state index in [2.05, 4.69) is 19.2 Å². The summed E-state index contributed by atoms with van der Waals surface area (Å²) in [5.41, 5.74) is 2.94. The molecule has 134 valence electrons. The van der Waals surface area contributed by atoms with Crippen LogP contribution in [0.4, 0.5) is 5.69 Å². The van der Waals surface area contributed by atoms with Crippen molar-refractivity contribution < 1.29 is 9.59 Å². The first-order valence-corrected chi connectivity index (χ1v) is 8.71. The molecule has 0 bridgehead atoms. The van der Waals surface area contributed by atoms with Gasteiger partial charge >= 0.3 is 0 Å². The van der Waals surface area contributed by atoms with Gasteiger partial charge in [-0.15, -0.1) is 0 Å². The van der Waals surface area contributed by atoms with Crippen LogP contribution in [0.5, 0.6) is 0 Å². The summed E-state index contributed by atoms with van der Waals surface area (Å²) in [6.07, 6.45) is 1.89. The molecule has 5 heteroatoms. The van der Waals surface area contributed by atoms with E-state index in [0.717, 1.165) is 42.7 Å². The maximum atomic E-state index is 12.3. The highest BCUT2D eigenvalue weighted by Gasteiger charge is 2.16. The molecule has 0 unspecified atom stereocenters. The molecule has 0 atom stereocenters. The van der Waals surface area contributed by atoms with Gasteiger partial charge < -0.3 is 10.2 Å². The molecule has 0 aliphatic rings. The summed E-state index contributed by atoms with van der Waals surface area (Å²) in [5.74, 6) is -0.0127. The first-order chi connectivity index (χ1) is 11.4. The van der Waals surface area contributed by atoms with Gasteiger partial charge in [0.05, 0.1) is 13.1 Å². The number of carbonyl (C=O) groups excluding carboxylic acids is 2. The van der Waals surface area contributed by atoms with Crippen molar-refractivity contribution in [2.75, 3.05) is 38.5 Å². The van der Waals surface area contributed by atoms with Gasteiger partial charge in [-0.3, -0.25) is 14.5 Å². The zero-order valence-electron chi connectivity index (χ0n) is 15.7. The van der Waals surface area contributed by atoms with Gasteiger partial charge in [-0.05, 0) is 44.9 Å². The molecule has 1 N–H and O–H groups in total. The maximum Gasteiger partial charge on any atom is 0.238 e. The van der Waals surface area contributed by atoms with Crippen LogP contribution < -0.4 is 5.32 Å². The third-order valence-corrected chi connectivity index (χ3v) is 3.90. The van der Waals surface area contributed by atoms with Crippen LogP contribution >= 0.6 is 0 Å². The highest BCUT2D eigenvalue weighted by atomic mass is 16.2. The number of rotatable bonds is 9. The highest BCUT2D eigenvalue weighted by Crippen LogP contribution is 2.19. The molecule has 0 heterocycles. The number of aryl methyl sites for hydroxylation is 2. The van der Waals surface area contributed by atoms with Crippen LogP contribution in [-0.2, 0) is 9.59 Å². The maximum absolute atomic E-state index is 12.3. The van der Waals surface area contributed by atoms with Crippen molar-refractivity contribution in [3.05, 3.63) is 29.3 Å². The van der Waals surface area contributed by atoms with Crippen molar-refractivity contribution in [2.24, 2.45) is 0 Å². The number of para-hydroxylation sites is 1. The Morgan fingerprint density at radius 3 is 2.04 bits per heavy atom. The number of benzene rings is 1. The Morgan fingerprint density at radius 2 is 1.54 bits per heavy atom. The quantitative estimate of drug-likeness (QED) is 0.756. The summed E-state index contributed by atoms with van der Waals surface area (Å²) < 4.78 is 0. The molecule has 0 aromatic heterocycles. The summed E-state index contributed by atoms with van der Waals surface area (Å²) in [6.45, 7) is 10.1. The lowest BCUT2D eigenvalue weighted by Gasteiger charge is -2.24. The summed E-state index contributed by atoms with van der Waals surface area (Å²) in [4.78, 5) is 28.2. The second kappa shape index (κ2) is 10.1. The number of hydrogen-bond acceptors (Lipinski definition) is 3. The smallest absolute Gasteiger partial charge is 0.238 e. The Bertz CT molecular complexity index is 531. The van der Waals surface area contributed by atoms with Gasteiger partial charge in [-0.2, -0.15) is 0 Å². The summed E-state index contributed by atoms with van der Waals surface area (Å²) in [6, 6.07) is 5.92. The first kappa shape index (κ1) is 20.2. The Hall–Kier alpha value is -1.88. The molecule has 1 aromatic rings. The Balaban J connectivity index is 2.56. The van der Waals surface area contributed by atoms with Gasteiger partial charge in [0.2, 0.25) is 11.8 Å². The fourth-order valence-corrected chi connectivity index (χ4v) is 2.72. The second-order valence-corrected chi connectivity index (χ2v) is 6.37. The SMILES string of the molecule is CCCN(CCC)C(=O)CN(C)CC(=O)Nc1c(C)cccc1C. The second-order valence-electron chi connectivity index (χ2n) is 6.37. The molecule has 0 spiro atoms. The van der Waals surface area contributed by atoms with E-state index in [0.29, 0.717) is 0 Å². The van der Waals surface area contributed by atoms with E-state index in [1.165, 1.54) is 0 Å². The molecular weight excluding hydrogens is 302 g/mol. The molecule has 0 saturated carbocycles. The molecule has 0 aliphatic heterocycles. The molecule has 1 aromatic carbocycles. The zero-order chi connectivity index (χ0) is 18.1. The Labute approximate surface area is 146 Å². The predicted octanol–water partition coefficient (Wildman–Crippen LogP) is 2.82. The number of nitrogens with zero attached hydrogens (tertiary/aromatic N) is 2. The van der Waals surface area contributed by atoms with E-state index in [4.69, 9.17) is 0 Å². The van der Waals surface area contributed by atoms with Crippen molar-refractivity contribution >= 4 is 17.5 Å². The van der Waals surface area contributed by atoms with E-state index >= 15 is 0 Å². The minimum Gasteiger partial charge on any atom is -0.342 e. The van der Waals surface area contributed by atoms with Crippen LogP contribution in [0.3, 0.4) is 0 Å². The first-order valence-electron chi connectivity index (χ1n) is 8.71. The van der Waals surface area contributed by atoms with Crippen molar-refractivity contribution in [3.8, 4) is 0 Å². The molecular formula is C19H31N3O2. The average molecular weight is 333 g/mol. The number of carbonyl (C=O) groups is 2. The largest absolute Gasteiger partial charge is 0.342 e. The number of amides is 2. The molecule has 0 aliphatic carbocycles. The number of anilines is 1. The van der Waals surface area contributed by atoms with Crippen molar-refractivity contribution in [1.29, 1.82) is 0 Å². The summed E-state index contributed by atoms with van der Waals surface area (Å²) in [7, 11) is 1.80. The summed E-state index contributed by atoms with van der Waals surface area (Å²) in [5, 5.41) is 2.96. The van der Waals surface area contributed by atoms with Crippen LogP contribution in [0.2, 0.25) is 0 Å². The fraction of sp³-hybridized carbons (Fsp3) is 0.579. The molecule has 0 fully saturated rings. The molecule has 0 radical (unpaired) electrons. The van der Waals surface area contributed by atoms with Gasteiger partial charge in [0.25, 0.3) is 0 Å². The van der Waals surface area contributed by atoms with Gasteiger partial charge in [-0.25, -0.2) is 0 Å². The van der Waals surface area contributed by atoms with Crippen LogP contribution in [0.15, 0.2) is 18.2 Å². The van der Waals surface area contributed by atoms with Crippen LogP contribution in [0, 0.1) is 13.8 Å². The minimum atomic E-state index is -0.0970. The number of likely N-dealkylation sites (N-methyl/N-ethyl adjacent to an activating group) is 1. The van der Waals surface area contributed by atoms with Crippen molar-refractivity contribution in [1.82, 2.24) is 9.80 Å². The molecule has 24 heavy (non-hydrogen) atoms. The highest BCUT2D eigenvalue weighted by molar-refractivity contribution is 5.94. The Morgan fingerprint density at radius 1 is 1.00 bits per heavy atom. The summed E-state index contributed by atoms with van der Waals surface area (Å²) >= 11 is 0. The standard InChI is InChI=1S/C19H31N3O2/c1-6-11-22(12-7-2)18(24)14-21(5)13-17(23)20-19-15(3)9-8-10-16(19)4/h8-10H,6-7,11-14H2,1-5H3,(H,20,23). The third kappa shape index (κ3) is 6.32. The van der Waals surface area contributed by atoms with Gasteiger partial charge in [-0.1, -0.05) is 32.0 Å². The van der Waals surface area contributed by atoms with E-state index in [1.54, 1.807) is 11.9 Å². The van der Waals surface area contributed by atoms with Crippen LogP contribution in [-0.4, -0.2) is 54.8 Å². The Kier molecular flexibility index (Phi) is 8.47. The number of hydrogen-bond donors (Lipinski definition) is 1. The lowest BCUT2D eigenvalue weighted by Crippen LogP contribution is -2.42. The van der Waals surface area contributed by atoms with E-state index < -0.39 is 0 Å². The topological polar surface area (TPSA) is 52.7 Å². The normalized spacial score (nSPS) is 10.8.